The highest BCUT2D eigenvalue weighted by Crippen LogP contribution is 2.39. The van der Waals surface area contributed by atoms with Gasteiger partial charge in [0.05, 0.1) is 0 Å². The van der Waals surface area contributed by atoms with Crippen LogP contribution in [0.5, 0.6) is 0 Å². The van der Waals surface area contributed by atoms with Gasteiger partial charge in [0.2, 0.25) is 0 Å². The number of carbonyl (C=O) groups excluding carboxylic acids is 1. The van der Waals surface area contributed by atoms with Crippen LogP contribution in [0.1, 0.15) is 49.7 Å². The summed E-state index contributed by atoms with van der Waals surface area (Å²) in [6.07, 6.45) is 10.5. The van der Waals surface area contributed by atoms with Gasteiger partial charge in [-0.1, -0.05) is 48.0 Å². The predicted octanol–water partition coefficient (Wildman–Crippen LogP) is 5.61. The fourth-order valence-corrected chi connectivity index (χ4v) is 6.30. The molecule has 0 radical (unpaired) electrons. The van der Waals surface area contributed by atoms with E-state index in [0.717, 1.165) is 81.4 Å². The van der Waals surface area contributed by atoms with Gasteiger partial charge in [0.25, 0.3) is 5.91 Å². The highest BCUT2D eigenvalue weighted by Gasteiger charge is 2.51. The van der Waals surface area contributed by atoms with Crippen molar-refractivity contribution in [3.8, 4) is 0 Å². The molecule has 2 saturated heterocycles. The predicted molar refractivity (Wildman–Crippen MR) is 140 cm³/mol. The summed E-state index contributed by atoms with van der Waals surface area (Å²) < 4.78 is 0. The number of likely N-dealkylation sites (tertiary alicyclic amines) is 1. The van der Waals surface area contributed by atoms with Crippen molar-refractivity contribution in [3.05, 3.63) is 58.6 Å². The van der Waals surface area contributed by atoms with Crippen molar-refractivity contribution < 1.29 is 4.79 Å². The van der Waals surface area contributed by atoms with Gasteiger partial charge in [0.1, 0.15) is 11.4 Å². The highest BCUT2D eigenvalue weighted by atomic mass is 35.5. The molecule has 5 nitrogen and oxygen atoms in total. The number of nitrogens with zero attached hydrogens (tertiary/aromatic N) is 4. The third kappa shape index (κ3) is 3.75. The topological polar surface area (TPSA) is 39.2 Å². The normalized spacial score (nSPS) is 21.2. The first-order chi connectivity index (χ1) is 16.6. The summed E-state index contributed by atoms with van der Waals surface area (Å²) >= 11 is 6.40. The molecular formula is C28H31ClN4O. The van der Waals surface area contributed by atoms with Crippen molar-refractivity contribution in [3.63, 3.8) is 0 Å². The van der Waals surface area contributed by atoms with Gasteiger partial charge < -0.3 is 14.7 Å². The Kier molecular flexibility index (Phi) is 5.70. The fourth-order valence-electron chi connectivity index (χ4n) is 6.13. The molecule has 2 fully saturated rings. The SMILES string of the molecule is O=C1N=C2CCCCN2C12CCN(CCCN1c3ccccc3C=Cc3ccc(Cl)cc31)CC2. The number of hydrogen-bond donors (Lipinski definition) is 0. The summed E-state index contributed by atoms with van der Waals surface area (Å²) in [5, 5.41) is 0.762. The molecule has 6 heteroatoms. The number of fused-ring (bicyclic) bond motifs is 4. The quantitative estimate of drug-likeness (QED) is 0.577. The summed E-state index contributed by atoms with van der Waals surface area (Å²) in [7, 11) is 0. The van der Waals surface area contributed by atoms with Crippen LogP contribution in [0.3, 0.4) is 0 Å². The molecule has 0 bridgehead atoms. The number of para-hydroxylation sites is 1. The van der Waals surface area contributed by atoms with Gasteiger partial charge in [0, 0.05) is 49.0 Å². The Labute approximate surface area is 206 Å². The lowest BCUT2D eigenvalue weighted by Crippen LogP contribution is -2.58. The van der Waals surface area contributed by atoms with E-state index in [1.54, 1.807) is 0 Å². The first-order valence-electron chi connectivity index (χ1n) is 12.6. The van der Waals surface area contributed by atoms with Gasteiger partial charge in [-0.3, -0.25) is 4.79 Å². The zero-order valence-corrected chi connectivity index (χ0v) is 20.3. The Bertz CT molecular complexity index is 1160. The fraction of sp³-hybridized carbons (Fsp3) is 0.429. The molecule has 6 rings (SSSR count). The van der Waals surface area contributed by atoms with E-state index in [2.05, 4.69) is 68.2 Å². The molecular weight excluding hydrogens is 444 g/mol. The first-order valence-corrected chi connectivity index (χ1v) is 13.0. The second-order valence-electron chi connectivity index (χ2n) is 9.92. The third-order valence-corrected chi connectivity index (χ3v) is 8.22. The monoisotopic (exact) mass is 474 g/mol. The number of carbonyl (C=O) groups is 1. The van der Waals surface area contributed by atoms with Crippen molar-refractivity contribution in [1.82, 2.24) is 9.80 Å². The molecule has 34 heavy (non-hydrogen) atoms. The van der Waals surface area contributed by atoms with Crippen molar-refractivity contribution in [2.75, 3.05) is 37.6 Å². The molecule has 0 N–H and O–H groups in total. The van der Waals surface area contributed by atoms with Gasteiger partial charge in [-0.15, -0.1) is 0 Å². The van der Waals surface area contributed by atoms with Crippen LogP contribution in [0.25, 0.3) is 12.2 Å². The molecule has 0 aliphatic carbocycles. The maximum absolute atomic E-state index is 12.9. The lowest BCUT2D eigenvalue weighted by molar-refractivity contribution is -0.128. The smallest absolute Gasteiger partial charge is 0.273 e. The zero-order valence-electron chi connectivity index (χ0n) is 19.5. The summed E-state index contributed by atoms with van der Waals surface area (Å²) in [6, 6.07) is 14.7. The molecule has 2 aromatic carbocycles. The van der Waals surface area contributed by atoms with Crippen molar-refractivity contribution in [2.24, 2.45) is 4.99 Å². The number of hydrogen-bond acceptors (Lipinski definition) is 4. The standard InChI is InChI=1S/C28H31ClN4O/c29-23-12-11-22-10-9-21-6-1-2-7-24(21)32(25(22)20-23)16-5-15-31-18-13-28(14-19-31)27(34)30-26-8-3-4-17-33(26)28/h1-2,6-7,9-12,20H,3-5,8,13-19H2. The van der Waals surface area contributed by atoms with E-state index in [0.29, 0.717) is 0 Å². The van der Waals surface area contributed by atoms with Crippen LogP contribution < -0.4 is 4.90 Å². The van der Waals surface area contributed by atoms with Gasteiger partial charge in [-0.05, 0) is 68.0 Å². The molecule has 4 aliphatic rings. The zero-order chi connectivity index (χ0) is 23.1. The van der Waals surface area contributed by atoms with E-state index >= 15 is 0 Å². The second kappa shape index (κ2) is 8.86. The van der Waals surface area contributed by atoms with Crippen molar-refractivity contribution >= 4 is 46.9 Å². The maximum atomic E-state index is 12.9. The lowest BCUT2D eigenvalue weighted by atomic mass is 9.84. The van der Waals surface area contributed by atoms with Crippen LogP contribution in [-0.2, 0) is 4.79 Å². The number of anilines is 2. The molecule has 0 unspecified atom stereocenters. The highest BCUT2D eigenvalue weighted by molar-refractivity contribution is 6.31. The number of aliphatic imine (C=N–C) groups is 1. The second-order valence-corrected chi connectivity index (χ2v) is 10.4. The molecule has 1 spiro atoms. The molecule has 2 aromatic rings. The van der Waals surface area contributed by atoms with E-state index in [1.165, 1.54) is 23.2 Å². The van der Waals surface area contributed by atoms with E-state index in [1.807, 2.05) is 6.07 Å². The molecule has 176 valence electrons. The van der Waals surface area contributed by atoms with Crippen LogP contribution in [0.15, 0.2) is 47.5 Å². The first kappa shape index (κ1) is 21.9. The molecule has 0 saturated carbocycles. The summed E-state index contributed by atoms with van der Waals surface area (Å²) in [5.41, 5.74) is 4.46. The maximum Gasteiger partial charge on any atom is 0.273 e. The molecule has 4 heterocycles. The van der Waals surface area contributed by atoms with E-state index in [4.69, 9.17) is 11.6 Å². The molecule has 4 aliphatic heterocycles. The minimum Gasteiger partial charge on any atom is -0.345 e. The Balaban J connectivity index is 1.13. The Morgan fingerprint density at radius 2 is 1.71 bits per heavy atom. The van der Waals surface area contributed by atoms with Gasteiger partial charge in [0.15, 0.2) is 0 Å². The number of piperidine rings is 2. The largest absolute Gasteiger partial charge is 0.345 e. The van der Waals surface area contributed by atoms with E-state index in [-0.39, 0.29) is 11.4 Å². The number of benzene rings is 2. The Morgan fingerprint density at radius 3 is 2.56 bits per heavy atom. The summed E-state index contributed by atoms with van der Waals surface area (Å²) in [4.78, 5) is 24.6. The average Bonchev–Trinajstić information content (AvgIpc) is 3.03. The average molecular weight is 475 g/mol. The number of rotatable bonds is 4. The van der Waals surface area contributed by atoms with E-state index < -0.39 is 0 Å². The van der Waals surface area contributed by atoms with Crippen LogP contribution in [0, 0.1) is 0 Å². The lowest BCUT2D eigenvalue weighted by Gasteiger charge is -2.45. The third-order valence-electron chi connectivity index (χ3n) is 7.98. The Morgan fingerprint density at radius 1 is 0.912 bits per heavy atom. The van der Waals surface area contributed by atoms with Gasteiger partial charge >= 0.3 is 0 Å². The van der Waals surface area contributed by atoms with Gasteiger partial charge in [-0.2, -0.15) is 4.99 Å². The number of halogens is 1. The van der Waals surface area contributed by atoms with Crippen molar-refractivity contribution in [2.45, 2.75) is 44.1 Å². The molecule has 1 amide bonds. The van der Waals surface area contributed by atoms with Gasteiger partial charge in [-0.25, -0.2) is 0 Å². The summed E-state index contributed by atoms with van der Waals surface area (Å²) in [6.45, 7) is 4.87. The minimum absolute atomic E-state index is 0.117. The van der Waals surface area contributed by atoms with Crippen LogP contribution in [0.2, 0.25) is 5.02 Å². The van der Waals surface area contributed by atoms with Crippen LogP contribution in [-0.4, -0.2) is 59.8 Å². The van der Waals surface area contributed by atoms with E-state index in [9.17, 15) is 4.79 Å². The summed E-state index contributed by atoms with van der Waals surface area (Å²) in [5.74, 6) is 1.17. The number of amides is 1. The molecule has 0 aromatic heterocycles. The Hall–Kier alpha value is -2.63. The number of amidine groups is 1. The molecule has 0 atom stereocenters. The van der Waals surface area contributed by atoms with Crippen molar-refractivity contribution in [1.29, 1.82) is 0 Å². The van der Waals surface area contributed by atoms with Crippen LogP contribution >= 0.6 is 11.6 Å². The minimum atomic E-state index is -0.350. The van der Waals surface area contributed by atoms with Crippen LogP contribution in [0.4, 0.5) is 11.4 Å².